The first-order chi connectivity index (χ1) is 10.1. The van der Waals surface area contributed by atoms with Gasteiger partial charge in [0.2, 0.25) is 17.8 Å². The van der Waals surface area contributed by atoms with Crippen LogP contribution in [0.15, 0.2) is 0 Å². The largest absolute Gasteiger partial charge is 0.396 e. The Morgan fingerprint density at radius 3 is 2.19 bits per heavy atom. The van der Waals surface area contributed by atoms with Crippen LogP contribution < -0.4 is 15.5 Å². The Morgan fingerprint density at radius 2 is 1.67 bits per heavy atom. The van der Waals surface area contributed by atoms with Crippen molar-refractivity contribution in [2.24, 2.45) is 5.92 Å². The van der Waals surface area contributed by atoms with Crippen molar-refractivity contribution >= 4 is 17.8 Å². The highest BCUT2D eigenvalue weighted by Gasteiger charge is 2.11. The van der Waals surface area contributed by atoms with Crippen molar-refractivity contribution in [3.8, 4) is 0 Å². The fraction of sp³-hybridized carbons (Fsp3) is 0.786. The minimum absolute atomic E-state index is 0.141. The molecule has 0 aliphatic carbocycles. The molecule has 0 aliphatic rings. The molecule has 1 unspecified atom stereocenters. The summed E-state index contributed by atoms with van der Waals surface area (Å²) in [6.07, 6.45) is 1.01. The van der Waals surface area contributed by atoms with Crippen LogP contribution in [-0.4, -0.2) is 52.8 Å². The molecule has 0 aliphatic heterocycles. The Kier molecular flexibility index (Phi) is 7.74. The minimum Gasteiger partial charge on any atom is -0.396 e. The summed E-state index contributed by atoms with van der Waals surface area (Å²) < 4.78 is 0. The van der Waals surface area contributed by atoms with Gasteiger partial charge in [-0.25, -0.2) is 0 Å². The molecule has 120 valence electrons. The monoisotopic (exact) mass is 296 g/mol. The summed E-state index contributed by atoms with van der Waals surface area (Å²) in [7, 11) is 0. The van der Waals surface area contributed by atoms with Crippen LogP contribution in [0, 0.1) is 5.92 Å². The normalized spacial score (nSPS) is 12.0. The average Bonchev–Trinajstić information content (AvgIpc) is 2.51. The Morgan fingerprint density at radius 1 is 1.05 bits per heavy atom. The summed E-state index contributed by atoms with van der Waals surface area (Å²) in [5, 5.41) is 15.5. The molecule has 1 aromatic rings. The van der Waals surface area contributed by atoms with Gasteiger partial charge in [0, 0.05) is 32.8 Å². The molecule has 0 saturated heterocycles. The Bertz CT molecular complexity index is 410. The van der Waals surface area contributed by atoms with Gasteiger partial charge in [0.1, 0.15) is 0 Å². The molecular weight excluding hydrogens is 268 g/mol. The van der Waals surface area contributed by atoms with Crippen LogP contribution >= 0.6 is 0 Å². The number of hydrogen-bond acceptors (Lipinski definition) is 7. The van der Waals surface area contributed by atoms with Gasteiger partial charge in [0.15, 0.2) is 0 Å². The molecule has 21 heavy (non-hydrogen) atoms. The summed E-state index contributed by atoms with van der Waals surface area (Å²) in [6.45, 7) is 11.5. The summed E-state index contributed by atoms with van der Waals surface area (Å²) in [6, 6.07) is 0. The second-order valence-electron chi connectivity index (χ2n) is 5.05. The highest BCUT2D eigenvalue weighted by molar-refractivity contribution is 5.43. The highest BCUT2D eigenvalue weighted by atomic mass is 16.3. The third-order valence-corrected chi connectivity index (χ3v) is 3.12. The number of aromatic nitrogens is 3. The fourth-order valence-electron chi connectivity index (χ4n) is 1.74. The first kappa shape index (κ1) is 17.4. The predicted octanol–water partition coefficient (Wildman–Crippen LogP) is 1.58. The number of nitrogens with one attached hydrogen (secondary N) is 2. The van der Waals surface area contributed by atoms with Crippen molar-refractivity contribution in [2.45, 2.75) is 34.1 Å². The zero-order chi connectivity index (χ0) is 15.7. The quantitative estimate of drug-likeness (QED) is 0.604. The molecule has 0 aromatic carbocycles. The van der Waals surface area contributed by atoms with Crippen molar-refractivity contribution < 1.29 is 5.11 Å². The van der Waals surface area contributed by atoms with E-state index in [-0.39, 0.29) is 12.5 Å². The van der Waals surface area contributed by atoms with Crippen molar-refractivity contribution in [1.29, 1.82) is 0 Å². The molecule has 1 heterocycles. The van der Waals surface area contributed by atoms with E-state index in [9.17, 15) is 0 Å². The van der Waals surface area contributed by atoms with E-state index in [2.05, 4.69) is 51.3 Å². The third-order valence-electron chi connectivity index (χ3n) is 3.12. The standard InChI is InChI=1S/C14H28N6O/c1-5-8-15-12-17-13(16-9-11(4)10-21)19-14(18-12)20(6-2)7-3/h11,21H,5-10H2,1-4H3,(H2,15,16,17,18,19). The SMILES string of the molecule is CCCNc1nc(NCC(C)CO)nc(N(CC)CC)n1. The van der Waals surface area contributed by atoms with Crippen LogP contribution in [0.5, 0.6) is 0 Å². The lowest BCUT2D eigenvalue weighted by atomic mass is 10.2. The van der Waals surface area contributed by atoms with E-state index in [1.54, 1.807) is 0 Å². The Balaban J connectivity index is 2.91. The maximum atomic E-state index is 9.09. The third kappa shape index (κ3) is 5.71. The second-order valence-corrected chi connectivity index (χ2v) is 5.05. The molecule has 0 spiro atoms. The molecular formula is C14H28N6O. The van der Waals surface area contributed by atoms with Crippen molar-refractivity contribution in [3.05, 3.63) is 0 Å². The molecule has 7 nitrogen and oxygen atoms in total. The molecule has 1 aromatic heterocycles. The van der Waals surface area contributed by atoms with Gasteiger partial charge in [-0.1, -0.05) is 13.8 Å². The Labute approximate surface area is 127 Å². The highest BCUT2D eigenvalue weighted by Crippen LogP contribution is 2.13. The molecule has 0 amide bonds. The van der Waals surface area contributed by atoms with Crippen molar-refractivity contribution in [1.82, 2.24) is 15.0 Å². The number of rotatable bonds is 10. The number of aliphatic hydroxyl groups is 1. The summed E-state index contributed by atoms with van der Waals surface area (Å²) in [5.74, 6) is 1.97. The summed E-state index contributed by atoms with van der Waals surface area (Å²) in [4.78, 5) is 15.4. The number of nitrogens with zero attached hydrogens (tertiary/aromatic N) is 4. The van der Waals surface area contributed by atoms with E-state index in [1.165, 1.54) is 0 Å². The van der Waals surface area contributed by atoms with E-state index < -0.39 is 0 Å². The van der Waals surface area contributed by atoms with Gasteiger partial charge in [0.05, 0.1) is 0 Å². The summed E-state index contributed by atoms with van der Waals surface area (Å²) >= 11 is 0. The maximum absolute atomic E-state index is 9.09. The van der Waals surface area contributed by atoms with E-state index in [0.29, 0.717) is 24.4 Å². The van der Waals surface area contributed by atoms with E-state index in [4.69, 9.17) is 5.11 Å². The molecule has 0 bridgehead atoms. The van der Waals surface area contributed by atoms with E-state index in [1.807, 2.05) is 6.92 Å². The van der Waals surface area contributed by atoms with Crippen molar-refractivity contribution in [3.63, 3.8) is 0 Å². The fourth-order valence-corrected chi connectivity index (χ4v) is 1.74. The van der Waals surface area contributed by atoms with Gasteiger partial charge in [-0.05, 0) is 26.2 Å². The number of anilines is 3. The van der Waals surface area contributed by atoms with Gasteiger partial charge in [-0.15, -0.1) is 0 Å². The van der Waals surface area contributed by atoms with Gasteiger partial charge in [-0.3, -0.25) is 0 Å². The van der Waals surface area contributed by atoms with E-state index >= 15 is 0 Å². The second kappa shape index (κ2) is 9.33. The van der Waals surface area contributed by atoms with Crippen LogP contribution in [0.25, 0.3) is 0 Å². The zero-order valence-electron chi connectivity index (χ0n) is 13.6. The van der Waals surface area contributed by atoms with Gasteiger partial charge in [0.25, 0.3) is 0 Å². The van der Waals surface area contributed by atoms with Crippen LogP contribution in [0.2, 0.25) is 0 Å². The molecule has 0 saturated carbocycles. The number of hydrogen-bond donors (Lipinski definition) is 3. The molecule has 7 heteroatoms. The molecule has 0 radical (unpaired) electrons. The topological polar surface area (TPSA) is 86.2 Å². The summed E-state index contributed by atoms with van der Waals surface area (Å²) in [5.41, 5.74) is 0. The van der Waals surface area contributed by atoms with Gasteiger partial charge in [-0.2, -0.15) is 15.0 Å². The first-order valence-corrected chi connectivity index (χ1v) is 7.74. The molecule has 3 N–H and O–H groups in total. The van der Waals surface area contributed by atoms with Crippen molar-refractivity contribution in [2.75, 3.05) is 48.3 Å². The maximum Gasteiger partial charge on any atom is 0.231 e. The van der Waals surface area contributed by atoms with Gasteiger partial charge >= 0.3 is 0 Å². The molecule has 0 fully saturated rings. The lowest BCUT2D eigenvalue weighted by Gasteiger charge is -2.20. The van der Waals surface area contributed by atoms with Crippen LogP contribution in [-0.2, 0) is 0 Å². The lowest BCUT2D eigenvalue weighted by molar-refractivity contribution is 0.244. The number of aliphatic hydroxyl groups excluding tert-OH is 1. The molecule has 1 atom stereocenters. The average molecular weight is 296 g/mol. The van der Waals surface area contributed by atoms with Crippen LogP contribution in [0.4, 0.5) is 17.8 Å². The van der Waals surface area contributed by atoms with E-state index in [0.717, 1.165) is 26.1 Å². The minimum atomic E-state index is 0.141. The predicted molar refractivity (Wildman–Crippen MR) is 86.9 cm³/mol. The Hall–Kier alpha value is -1.63. The lowest BCUT2D eigenvalue weighted by Crippen LogP contribution is -2.26. The first-order valence-electron chi connectivity index (χ1n) is 7.74. The molecule has 1 rings (SSSR count). The van der Waals surface area contributed by atoms with Crippen LogP contribution in [0.1, 0.15) is 34.1 Å². The zero-order valence-corrected chi connectivity index (χ0v) is 13.6. The van der Waals surface area contributed by atoms with Gasteiger partial charge < -0.3 is 20.6 Å². The smallest absolute Gasteiger partial charge is 0.231 e. The van der Waals surface area contributed by atoms with Crippen LogP contribution in [0.3, 0.4) is 0 Å².